The van der Waals surface area contributed by atoms with Gasteiger partial charge in [0, 0.05) is 5.69 Å². The van der Waals surface area contributed by atoms with Crippen LogP contribution in [0.1, 0.15) is 49.3 Å². The van der Waals surface area contributed by atoms with Crippen molar-refractivity contribution in [3.05, 3.63) is 69.7 Å². The number of carboxylic acid groups (broad SMARTS) is 1. The molecule has 8 nitrogen and oxygen atoms in total. The number of benzene rings is 1. The lowest BCUT2D eigenvalue weighted by Crippen LogP contribution is -2.38. The maximum Gasteiger partial charge on any atom is 0.315 e. The smallest absolute Gasteiger partial charge is 0.315 e. The maximum absolute atomic E-state index is 13.5. The minimum absolute atomic E-state index is 0.00309. The molecule has 0 aliphatic rings. The Morgan fingerprint density at radius 2 is 2.06 bits per heavy atom. The first-order valence-corrected chi connectivity index (χ1v) is 11.3. The first-order valence-electron chi connectivity index (χ1n) is 10.5. The fourth-order valence-electron chi connectivity index (χ4n) is 3.89. The first-order chi connectivity index (χ1) is 15.7. The predicted molar refractivity (Wildman–Crippen MR) is 125 cm³/mol. The maximum atomic E-state index is 13.5. The third-order valence-corrected chi connectivity index (χ3v) is 7.17. The molecule has 4 aromatic rings. The second kappa shape index (κ2) is 8.47. The summed E-state index contributed by atoms with van der Waals surface area (Å²) in [5.41, 5.74) is 0.374. The van der Waals surface area contributed by atoms with E-state index in [-0.39, 0.29) is 11.6 Å². The van der Waals surface area contributed by atoms with Crippen LogP contribution in [-0.2, 0) is 16.6 Å². The van der Waals surface area contributed by atoms with Crippen molar-refractivity contribution in [3.8, 4) is 16.5 Å². The lowest BCUT2D eigenvalue weighted by Gasteiger charge is -2.20. The third kappa shape index (κ3) is 3.82. The fraction of sp³-hybridized carbons (Fsp3) is 0.333. The molecule has 1 N–H and O–H groups in total. The fourth-order valence-corrected chi connectivity index (χ4v) is 5.07. The van der Waals surface area contributed by atoms with Crippen LogP contribution in [0.3, 0.4) is 0 Å². The number of nitrogens with zero attached hydrogens (tertiary/aromatic N) is 3. The lowest BCUT2D eigenvalue weighted by molar-refractivity contribution is -0.142. The summed E-state index contributed by atoms with van der Waals surface area (Å²) in [5.74, 6) is 0.0616. The zero-order valence-electron chi connectivity index (χ0n) is 19.1. The molecule has 0 fully saturated rings. The minimum atomic E-state index is -1.46. The molecular weight excluding hydrogens is 442 g/mol. The molecule has 0 saturated carbocycles. The number of rotatable bonds is 7. The Hall–Kier alpha value is -3.46. The van der Waals surface area contributed by atoms with Gasteiger partial charge in [-0.1, -0.05) is 25.1 Å². The summed E-state index contributed by atoms with van der Waals surface area (Å²) in [5, 5.41) is 9.81. The summed E-state index contributed by atoms with van der Waals surface area (Å²) in [6.45, 7) is 6.85. The largest absolute Gasteiger partial charge is 0.496 e. The standard InChI is InChI=1S/C24H25N3O5S/c1-13(15-8-6-7-9-17(15)31-5)12-16-22-27(14(2)18(33-22)20-25-10-11-32-20)21(28)19(26-16)24(3,4)23(29)30/h6-11,13H,12H2,1-5H3,(H,29,30). The molecule has 0 spiro atoms. The van der Waals surface area contributed by atoms with Crippen LogP contribution in [-0.4, -0.2) is 32.6 Å². The van der Waals surface area contributed by atoms with Crippen molar-refractivity contribution in [1.82, 2.24) is 14.4 Å². The van der Waals surface area contributed by atoms with Crippen LogP contribution in [0.5, 0.6) is 5.75 Å². The summed E-state index contributed by atoms with van der Waals surface area (Å²) in [7, 11) is 1.63. The molecular formula is C24H25N3O5S. The van der Waals surface area contributed by atoms with Gasteiger partial charge in [-0.05, 0) is 44.7 Å². The van der Waals surface area contributed by atoms with Crippen molar-refractivity contribution in [2.75, 3.05) is 7.11 Å². The average molecular weight is 468 g/mol. The van der Waals surface area contributed by atoms with Gasteiger partial charge in [0.15, 0.2) is 0 Å². The van der Waals surface area contributed by atoms with Gasteiger partial charge in [0.2, 0.25) is 5.89 Å². The van der Waals surface area contributed by atoms with E-state index < -0.39 is 16.9 Å². The Labute approximate surface area is 194 Å². The Bertz CT molecular complexity index is 1390. The number of para-hydroxylation sites is 1. The van der Waals surface area contributed by atoms with Gasteiger partial charge < -0.3 is 14.3 Å². The Balaban J connectivity index is 1.96. The number of hydrogen-bond acceptors (Lipinski definition) is 7. The van der Waals surface area contributed by atoms with E-state index in [1.54, 1.807) is 24.6 Å². The van der Waals surface area contributed by atoms with Crippen molar-refractivity contribution in [3.63, 3.8) is 0 Å². The van der Waals surface area contributed by atoms with Crippen LogP contribution >= 0.6 is 11.3 Å². The van der Waals surface area contributed by atoms with Gasteiger partial charge in [-0.2, -0.15) is 0 Å². The van der Waals surface area contributed by atoms with Crippen LogP contribution in [0.15, 0.2) is 45.9 Å². The van der Waals surface area contributed by atoms with Gasteiger partial charge in [-0.3, -0.25) is 14.0 Å². The lowest BCUT2D eigenvalue weighted by atomic mass is 9.89. The predicted octanol–water partition coefficient (Wildman–Crippen LogP) is 4.44. The molecule has 33 heavy (non-hydrogen) atoms. The van der Waals surface area contributed by atoms with Gasteiger partial charge in [-0.25, -0.2) is 9.97 Å². The highest BCUT2D eigenvalue weighted by Crippen LogP contribution is 2.36. The third-order valence-electron chi connectivity index (χ3n) is 5.89. The molecule has 9 heteroatoms. The van der Waals surface area contributed by atoms with E-state index in [1.165, 1.54) is 31.4 Å². The number of aryl methyl sites for hydroxylation is 1. The first kappa shape index (κ1) is 22.7. The van der Waals surface area contributed by atoms with Gasteiger partial charge in [0.05, 0.1) is 19.0 Å². The Morgan fingerprint density at radius 3 is 2.70 bits per heavy atom. The highest BCUT2D eigenvalue weighted by Gasteiger charge is 2.36. The molecule has 0 aliphatic carbocycles. The summed E-state index contributed by atoms with van der Waals surface area (Å²) >= 11 is 1.36. The molecule has 4 rings (SSSR count). The Morgan fingerprint density at radius 1 is 1.33 bits per heavy atom. The summed E-state index contributed by atoms with van der Waals surface area (Å²) < 4.78 is 12.5. The van der Waals surface area contributed by atoms with Crippen LogP contribution in [0, 0.1) is 6.92 Å². The van der Waals surface area contributed by atoms with Crippen molar-refractivity contribution >= 4 is 22.1 Å². The topological polar surface area (TPSA) is 107 Å². The normalized spacial score (nSPS) is 12.8. The molecule has 0 amide bonds. The number of aromatic nitrogens is 3. The van der Waals surface area contributed by atoms with Crippen molar-refractivity contribution < 1.29 is 19.1 Å². The van der Waals surface area contributed by atoms with Crippen molar-refractivity contribution in [2.24, 2.45) is 0 Å². The van der Waals surface area contributed by atoms with Crippen LogP contribution in [0.4, 0.5) is 0 Å². The number of hydrogen-bond donors (Lipinski definition) is 1. The van der Waals surface area contributed by atoms with Crippen LogP contribution in [0.2, 0.25) is 0 Å². The Kier molecular flexibility index (Phi) is 5.84. The average Bonchev–Trinajstić information content (AvgIpc) is 3.43. The number of fused-ring (bicyclic) bond motifs is 1. The zero-order valence-corrected chi connectivity index (χ0v) is 19.9. The number of carbonyl (C=O) groups is 1. The van der Waals surface area contributed by atoms with E-state index in [2.05, 4.69) is 16.9 Å². The second-order valence-corrected chi connectivity index (χ2v) is 9.48. The summed E-state index contributed by atoms with van der Waals surface area (Å²) in [4.78, 5) is 35.7. The molecule has 1 unspecified atom stereocenters. The van der Waals surface area contributed by atoms with E-state index in [0.717, 1.165) is 11.3 Å². The van der Waals surface area contributed by atoms with E-state index in [4.69, 9.17) is 9.15 Å². The van der Waals surface area contributed by atoms with Gasteiger partial charge in [-0.15, -0.1) is 11.3 Å². The second-order valence-electron chi connectivity index (χ2n) is 8.48. The van der Waals surface area contributed by atoms with Crippen molar-refractivity contribution in [2.45, 2.75) is 45.4 Å². The van der Waals surface area contributed by atoms with E-state index in [0.29, 0.717) is 33.4 Å². The SMILES string of the molecule is COc1ccccc1C(C)Cc1nc(C(C)(C)C(=O)O)c(=O)n2c(C)c(-c3ncco3)sc12. The number of aliphatic carboxylic acids is 1. The molecule has 1 aromatic carbocycles. The number of thiazole rings is 1. The van der Waals surface area contributed by atoms with Gasteiger partial charge >= 0.3 is 5.97 Å². The van der Waals surface area contributed by atoms with E-state index >= 15 is 0 Å². The van der Waals surface area contributed by atoms with E-state index in [9.17, 15) is 14.7 Å². The van der Waals surface area contributed by atoms with Crippen molar-refractivity contribution in [1.29, 1.82) is 0 Å². The van der Waals surface area contributed by atoms with E-state index in [1.807, 2.05) is 24.3 Å². The molecule has 3 aromatic heterocycles. The molecule has 3 heterocycles. The van der Waals surface area contributed by atoms with Gasteiger partial charge in [0.1, 0.15) is 32.8 Å². The number of ether oxygens (including phenoxy) is 1. The van der Waals surface area contributed by atoms with Gasteiger partial charge in [0.25, 0.3) is 5.56 Å². The molecule has 0 radical (unpaired) electrons. The molecule has 0 saturated heterocycles. The number of methoxy groups -OCH3 is 1. The molecule has 172 valence electrons. The number of carboxylic acids is 1. The highest BCUT2D eigenvalue weighted by atomic mass is 32.1. The quantitative estimate of drug-likeness (QED) is 0.428. The molecule has 0 bridgehead atoms. The molecule has 1 atom stereocenters. The zero-order chi connectivity index (χ0) is 23.9. The van der Waals surface area contributed by atoms with Crippen LogP contribution in [0.25, 0.3) is 15.6 Å². The highest BCUT2D eigenvalue weighted by molar-refractivity contribution is 7.20. The minimum Gasteiger partial charge on any atom is -0.496 e. The summed E-state index contributed by atoms with van der Waals surface area (Å²) in [6, 6.07) is 7.75. The summed E-state index contributed by atoms with van der Waals surface area (Å²) in [6.07, 6.45) is 3.51. The monoisotopic (exact) mass is 467 g/mol. The molecule has 0 aliphatic heterocycles. The number of oxazole rings is 1. The van der Waals surface area contributed by atoms with Crippen LogP contribution < -0.4 is 10.3 Å².